The lowest BCUT2D eigenvalue weighted by atomic mass is 10.2. The van der Waals surface area contributed by atoms with Gasteiger partial charge in [0.15, 0.2) is 0 Å². The van der Waals surface area contributed by atoms with Crippen LogP contribution in [0.25, 0.3) is 10.1 Å². The maximum atomic E-state index is 10.9. The second-order valence-electron chi connectivity index (χ2n) is 2.79. The van der Waals surface area contributed by atoms with Crippen LogP contribution in [0, 0.1) is 0 Å². The average Bonchev–Trinajstić information content (AvgIpc) is 2.64. The number of fused-ring (bicyclic) bond motifs is 1. The maximum absolute atomic E-state index is 10.9. The third-order valence-electron chi connectivity index (χ3n) is 1.88. The molecule has 72 valence electrons. The Hall–Kier alpha value is -1.55. The van der Waals surface area contributed by atoms with Crippen LogP contribution < -0.4 is 5.32 Å². The number of thiophene rings is 1. The molecule has 0 radical (unpaired) electrons. The number of nitrogens with one attached hydrogen (secondary N) is 1. The zero-order chi connectivity index (χ0) is 9.97. The SMILES string of the molecule is COC(=O)Nc1ccc2sccc2c1. The molecule has 14 heavy (non-hydrogen) atoms. The van der Waals surface area contributed by atoms with E-state index in [1.807, 2.05) is 29.6 Å². The van der Waals surface area contributed by atoms with Crippen molar-refractivity contribution in [2.45, 2.75) is 0 Å². The van der Waals surface area contributed by atoms with Crippen molar-refractivity contribution in [1.82, 2.24) is 0 Å². The fourth-order valence-electron chi connectivity index (χ4n) is 1.21. The van der Waals surface area contributed by atoms with Gasteiger partial charge in [-0.15, -0.1) is 11.3 Å². The Labute approximate surface area is 85.3 Å². The van der Waals surface area contributed by atoms with E-state index >= 15 is 0 Å². The molecule has 0 spiro atoms. The zero-order valence-corrected chi connectivity index (χ0v) is 8.43. The van der Waals surface area contributed by atoms with Crippen molar-refractivity contribution in [3.05, 3.63) is 29.6 Å². The molecule has 0 aliphatic carbocycles. The fraction of sp³-hybridized carbons (Fsp3) is 0.100. The van der Waals surface area contributed by atoms with Gasteiger partial charge in [-0.2, -0.15) is 0 Å². The first-order chi connectivity index (χ1) is 6.79. The second-order valence-corrected chi connectivity index (χ2v) is 3.74. The van der Waals surface area contributed by atoms with Gasteiger partial charge in [0, 0.05) is 10.4 Å². The van der Waals surface area contributed by atoms with Crippen LogP contribution in [0.2, 0.25) is 0 Å². The summed E-state index contributed by atoms with van der Waals surface area (Å²) in [6.45, 7) is 0. The molecule has 4 heteroatoms. The molecular weight excluding hydrogens is 198 g/mol. The first-order valence-electron chi connectivity index (χ1n) is 4.12. The Bertz CT molecular complexity index is 464. The number of ether oxygens (including phenoxy) is 1. The number of rotatable bonds is 1. The quantitative estimate of drug-likeness (QED) is 0.780. The summed E-state index contributed by atoms with van der Waals surface area (Å²) in [4.78, 5) is 10.9. The summed E-state index contributed by atoms with van der Waals surface area (Å²) in [6.07, 6.45) is -0.445. The summed E-state index contributed by atoms with van der Waals surface area (Å²) in [5, 5.41) is 5.77. The van der Waals surface area contributed by atoms with Gasteiger partial charge in [0.25, 0.3) is 0 Å². The highest BCUT2D eigenvalue weighted by Gasteiger charge is 2.01. The Kier molecular flexibility index (Phi) is 2.37. The molecule has 1 heterocycles. The van der Waals surface area contributed by atoms with Crippen molar-refractivity contribution in [3.63, 3.8) is 0 Å². The third kappa shape index (κ3) is 1.70. The first kappa shape index (κ1) is 9.02. The standard InChI is InChI=1S/C10H9NO2S/c1-13-10(12)11-8-2-3-9-7(6-8)4-5-14-9/h2-6H,1H3,(H,11,12). The van der Waals surface area contributed by atoms with Crippen molar-refractivity contribution in [2.75, 3.05) is 12.4 Å². The Morgan fingerprint density at radius 1 is 1.43 bits per heavy atom. The van der Waals surface area contributed by atoms with Crippen molar-refractivity contribution in [3.8, 4) is 0 Å². The molecule has 2 rings (SSSR count). The molecular formula is C10H9NO2S. The summed E-state index contributed by atoms with van der Waals surface area (Å²) in [7, 11) is 1.35. The minimum absolute atomic E-state index is 0.445. The van der Waals surface area contributed by atoms with E-state index in [9.17, 15) is 4.79 Å². The third-order valence-corrected chi connectivity index (χ3v) is 2.78. The molecule has 0 unspecified atom stereocenters. The van der Waals surface area contributed by atoms with E-state index in [1.54, 1.807) is 11.3 Å². The van der Waals surface area contributed by atoms with Gasteiger partial charge in [-0.25, -0.2) is 4.79 Å². The smallest absolute Gasteiger partial charge is 0.411 e. The molecule has 1 aromatic heterocycles. The minimum atomic E-state index is -0.445. The fourth-order valence-corrected chi connectivity index (χ4v) is 1.98. The number of anilines is 1. The van der Waals surface area contributed by atoms with Gasteiger partial charge < -0.3 is 4.74 Å². The van der Waals surface area contributed by atoms with Gasteiger partial charge in [0.1, 0.15) is 0 Å². The minimum Gasteiger partial charge on any atom is -0.453 e. The van der Waals surface area contributed by atoms with Crippen LogP contribution in [0.5, 0.6) is 0 Å². The van der Waals surface area contributed by atoms with Gasteiger partial charge >= 0.3 is 6.09 Å². The number of hydrogen-bond donors (Lipinski definition) is 1. The number of carbonyl (C=O) groups excluding carboxylic acids is 1. The van der Waals surface area contributed by atoms with E-state index in [1.165, 1.54) is 11.8 Å². The Morgan fingerprint density at radius 2 is 2.29 bits per heavy atom. The largest absolute Gasteiger partial charge is 0.453 e. The molecule has 0 bridgehead atoms. The predicted molar refractivity (Wildman–Crippen MR) is 57.9 cm³/mol. The molecule has 0 saturated heterocycles. The van der Waals surface area contributed by atoms with E-state index in [0.717, 1.165) is 11.1 Å². The van der Waals surface area contributed by atoms with E-state index in [0.29, 0.717) is 0 Å². The summed E-state index contributed by atoms with van der Waals surface area (Å²) in [5.74, 6) is 0. The van der Waals surface area contributed by atoms with Crippen molar-refractivity contribution < 1.29 is 9.53 Å². The van der Waals surface area contributed by atoms with Gasteiger partial charge in [-0.05, 0) is 35.0 Å². The number of hydrogen-bond acceptors (Lipinski definition) is 3. The van der Waals surface area contributed by atoms with E-state index in [-0.39, 0.29) is 0 Å². The zero-order valence-electron chi connectivity index (χ0n) is 7.61. The topological polar surface area (TPSA) is 38.3 Å². The van der Waals surface area contributed by atoms with Gasteiger partial charge in [0.2, 0.25) is 0 Å². The van der Waals surface area contributed by atoms with Crippen LogP contribution in [0.1, 0.15) is 0 Å². The summed E-state index contributed by atoms with van der Waals surface area (Å²) >= 11 is 1.68. The highest BCUT2D eigenvalue weighted by Crippen LogP contribution is 2.23. The number of carbonyl (C=O) groups is 1. The Balaban J connectivity index is 2.30. The normalized spacial score (nSPS) is 10.1. The Morgan fingerprint density at radius 3 is 3.07 bits per heavy atom. The van der Waals surface area contributed by atoms with E-state index in [4.69, 9.17) is 0 Å². The highest BCUT2D eigenvalue weighted by molar-refractivity contribution is 7.17. The van der Waals surface area contributed by atoms with Crippen molar-refractivity contribution in [1.29, 1.82) is 0 Å². The number of amides is 1. The molecule has 0 aliphatic rings. The highest BCUT2D eigenvalue weighted by atomic mass is 32.1. The van der Waals surface area contributed by atoms with E-state index < -0.39 is 6.09 Å². The van der Waals surface area contributed by atoms with Crippen LogP contribution in [0.15, 0.2) is 29.6 Å². The van der Waals surface area contributed by atoms with Crippen LogP contribution >= 0.6 is 11.3 Å². The summed E-state index contributed by atoms with van der Waals surface area (Å²) in [5.41, 5.74) is 0.753. The molecule has 0 saturated carbocycles. The van der Waals surface area contributed by atoms with Crippen molar-refractivity contribution >= 4 is 33.2 Å². The first-order valence-corrected chi connectivity index (χ1v) is 5.00. The lowest BCUT2D eigenvalue weighted by Crippen LogP contribution is -2.10. The molecule has 0 fully saturated rings. The lowest BCUT2D eigenvalue weighted by molar-refractivity contribution is 0.187. The number of benzene rings is 1. The van der Waals surface area contributed by atoms with Crippen LogP contribution in [-0.2, 0) is 4.74 Å². The van der Waals surface area contributed by atoms with E-state index in [2.05, 4.69) is 10.1 Å². The van der Waals surface area contributed by atoms with Crippen molar-refractivity contribution in [2.24, 2.45) is 0 Å². The van der Waals surface area contributed by atoms with Gasteiger partial charge in [0.05, 0.1) is 7.11 Å². The summed E-state index contributed by atoms with van der Waals surface area (Å²) < 4.78 is 5.71. The van der Waals surface area contributed by atoms with Crippen LogP contribution in [-0.4, -0.2) is 13.2 Å². The maximum Gasteiger partial charge on any atom is 0.411 e. The van der Waals surface area contributed by atoms with Crippen LogP contribution in [0.4, 0.5) is 10.5 Å². The predicted octanol–water partition coefficient (Wildman–Crippen LogP) is 3.08. The monoisotopic (exact) mass is 207 g/mol. The molecule has 0 atom stereocenters. The number of methoxy groups -OCH3 is 1. The van der Waals surface area contributed by atoms with Gasteiger partial charge in [-0.1, -0.05) is 0 Å². The average molecular weight is 207 g/mol. The summed E-state index contributed by atoms with van der Waals surface area (Å²) in [6, 6.07) is 7.77. The van der Waals surface area contributed by atoms with Crippen LogP contribution in [0.3, 0.4) is 0 Å². The molecule has 2 aromatic rings. The lowest BCUT2D eigenvalue weighted by Gasteiger charge is -2.02. The molecule has 1 amide bonds. The molecule has 3 nitrogen and oxygen atoms in total. The second kappa shape index (κ2) is 3.67. The molecule has 0 aliphatic heterocycles. The molecule has 1 N–H and O–H groups in total. The van der Waals surface area contributed by atoms with Gasteiger partial charge in [-0.3, -0.25) is 5.32 Å². The molecule has 1 aromatic carbocycles.